The van der Waals surface area contributed by atoms with E-state index in [9.17, 15) is 4.21 Å². The number of benzene rings is 1. The summed E-state index contributed by atoms with van der Waals surface area (Å²) in [5.74, 6) is 0. The monoisotopic (exact) mass is 352 g/mol. The molecule has 23 heavy (non-hydrogen) atoms. The van der Waals surface area contributed by atoms with Crippen molar-refractivity contribution < 1.29 is 8.95 Å². The van der Waals surface area contributed by atoms with Crippen molar-refractivity contribution in [1.29, 1.82) is 0 Å². The van der Waals surface area contributed by atoms with E-state index in [1.54, 1.807) is 0 Å². The molecule has 2 heterocycles. The summed E-state index contributed by atoms with van der Waals surface area (Å²) in [6.07, 6.45) is -0.213. The van der Waals surface area contributed by atoms with E-state index >= 15 is 0 Å². The van der Waals surface area contributed by atoms with Crippen LogP contribution in [0.5, 0.6) is 0 Å². The highest BCUT2D eigenvalue weighted by atomic mass is 35.5. The van der Waals surface area contributed by atoms with Gasteiger partial charge in [0.05, 0.1) is 16.0 Å². The first kappa shape index (κ1) is 17.2. The lowest BCUT2D eigenvalue weighted by Gasteiger charge is -2.37. The molecule has 126 valence electrons. The number of rotatable bonds is 1. The number of hydrogen-bond donors (Lipinski definition) is 0. The van der Waals surface area contributed by atoms with Crippen molar-refractivity contribution in [2.75, 3.05) is 0 Å². The molecule has 1 saturated heterocycles. The van der Waals surface area contributed by atoms with Gasteiger partial charge in [-0.25, -0.2) is 0 Å². The normalized spacial score (nSPS) is 31.1. The van der Waals surface area contributed by atoms with Crippen LogP contribution < -0.4 is 0 Å². The fraction of sp³-hybridized carbons (Fsp3) is 0.579. The molecule has 0 aliphatic carbocycles. The van der Waals surface area contributed by atoms with Crippen molar-refractivity contribution in [3.8, 4) is 0 Å². The molecule has 0 saturated carbocycles. The number of hydrogen-bond acceptors (Lipinski definition) is 2. The SMILES string of the molecule is CC(C)(C)C1=C(C(C)(C)C)[C@H]2[C@@H](c3ccccc3Cl)O[C@@H]1S2=O. The van der Waals surface area contributed by atoms with Crippen molar-refractivity contribution in [1.82, 2.24) is 0 Å². The summed E-state index contributed by atoms with van der Waals surface area (Å²) in [5, 5.41) is 0.585. The Labute approximate surface area is 146 Å². The molecule has 0 N–H and O–H groups in total. The van der Waals surface area contributed by atoms with Crippen LogP contribution >= 0.6 is 11.6 Å². The van der Waals surface area contributed by atoms with Gasteiger partial charge in [0.1, 0.15) is 6.10 Å². The molecular formula is C19H25ClO2S. The molecule has 0 aromatic heterocycles. The zero-order valence-corrected chi connectivity index (χ0v) is 16.2. The maximum Gasteiger partial charge on any atom is 0.155 e. The fourth-order valence-electron chi connectivity index (χ4n) is 3.78. The van der Waals surface area contributed by atoms with Gasteiger partial charge in [-0.15, -0.1) is 0 Å². The lowest BCUT2D eigenvalue weighted by molar-refractivity contribution is 0.0472. The smallest absolute Gasteiger partial charge is 0.155 e. The molecule has 1 unspecified atom stereocenters. The Morgan fingerprint density at radius 2 is 1.57 bits per heavy atom. The van der Waals surface area contributed by atoms with Crippen LogP contribution in [-0.4, -0.2) is 14.9 Å². The molecule has 1 fully saturated rings. The van der Waals surface area contributed by atoms with Crippen LogP contribution in [0.2, 0.25) is 5.02 Å². The van der Waals surface area contributed by atoms with Crippen LogP contribution in [0.4, 0.5) is 0 Å². The van der Waals surface area contributed by atoms with Crippen molar-refractivity contribution in [3.63, 3.8) is 0 Å². The molecule has 4 heteroatoms. The van der Waals surface area contributed by atoms with E-state index in [2.05, 4.69) is 41.5 Å². The van der Waals surface area contributed by atoms with Crippen molar-refractivity contribution in [2.45, 2.75) is 58.3 Å². The van der Waals surface area contributed by atoms with E-state index in [-0.39, 0.29) is 27.6 Å². The topological polar surface area (TPSA) is 26.3 Å². The Morgan fingerprint density at radius 1 is 1.00 bits per heavy atom. The van der Waals surface area contributed by atoms with Gasteiger partial charge in [0.25, 0.3) is 0 Å². The minimum Gasteiger partial charge on any atom is -0.351 e. The average Bonchev–Trinajstić information content (AvgIpc) is 2.88. The van der Waals surface area contributed by atoms with Crippen LogP contribution in [0.3, 0.4) is 0 Å². The van der Waals surface area contributed by atoms with Crippen LogP contribution in [0, 0.1) is 10.8 Å². The molecule has 2 bridgehead atoms. The van der Waals surface area contributed by atoms with Crippen molar-refractivity contribution in [2.24, 2.45) is 10.8 Å². The lowest BCUT2D eigenvalue weighted by Crippen LogP contribution is -2.32. The predicted molar refractivity (Wildman–Crippen MR) is 96.9 cm³/mol. The summed E-state index contributed by atoms with van der Waals surface area (Å²) in [6, 6.07) is 7.74. The predicted octanol–water partition coefficient (Wildman–Crippen LogP) is 5.26. The Morgan fingerprint density at radius 3 is 2.09 bits per heavy atom. The summed E-state index contributed by atoms with van der Waals surface area (Å²) < 4.78 is 19.3. The number of halogens is 1. The lowest BCUT2D eigenvalue weighted by atomic mass is 9.72. The average molecular weight is 353 g/mol. The second kappa shape index (κ2) is 5.44. The van der Waals surface area contributed by atoms with Gasteiger partial charge in [-0.3, -0.25) is 4.21 Å². The Balaban J connectivity index is 2.16. The Kier molecular flexibility index (Phi) is 4.06. The highest BCUT2D eigenvalue weighted by molar-refractivity contribution is 7.87. The van der Waals surface area contributed by atoms with Gasteiger partial charge in [0, 0.05) is 10.6 Å². The van der Waals surface area contributed by atoms with Gasteiger partial charge in [-0.1, -0.05) is 71.3 Å². The Bertz CT molecular complexity index is 694. The third kappa shape index (κ3) is 2.71. The van der Waals surface area contributed by atoms with Crippen LogP contribution in [0.25, 0.3) is 0 Å². The van der Waals surface area contributed by atoms with Gasteiger partial charge < -0.3 is 4.74 Å². The minimum absolute atomic E-state index is 0.0407. The number of ether oxygens (including phenoxy) is 1. The molecule has 1 aromatic rings. The van der Waals surface area contributed by atoms with E-state index in [1.165, 1.54) is 11.1 Å². The largest absolute Gasteiger partial charge is 0.351 e. The van der Waals surface area contributed by atoms with Gasteiger partial charge in [-0.2, -0.15) is 0 Å². The second-order valence-corrected chi connectivity index (χ2v) is 10.5. The fourth-order valence-corrected chi connectivity index (χ4v) is 6.40. The molecular weight excluding hydrogens is 328 g/mol. The quantitative estimate of drug-likeness (QED) is 0.644. The first-order valence-electron chi connectivity index (χ1n) is 8.08. The van der Waals surface area contributed by atoms with Crippen molar-refractivity contribution >= 4 is 22.4 Å². The minimum atomic E-state index is -1.05. The highest BCUT2D eigenvalue weighted by Crippen LogP contribution is 2.57. The Hall–Kier alpha value is -0.640. The highest BCUT2D eigenvalue weighted by Gasteiger charge is 2.58. The van der Waals surface area contributed by atoms with Gasteiger partial charge in [0.15, 0.2) is 5.44 Å². The summed E-state index contributed by atoms with van der Waals surface area (Å²) in [7, 11) is -1.05. The van der Waals surface area contributed by atoms with E-state index in [4.69, 9.17) is 16.3 Å². The zero-order valence-electron chi connectivity index (χ0n) is 14.6. The third-order valence-corrected chi connectivity index (χ3v) is 6.74. The molecule has 0 spiro atoms. The van der Waals surface area contributed by atoms with E-state index in [1.807, 2.05) is 24.3 Å². The van der Waals surface area contributed by atoms with Crippen LogP contribution in [0.1, 0.15) is 53.2 Å². The summed E-state index contributed by atoms with van der Waals surface area (Å²) in [6.45, 7) is 13.2. The van der Waals surface area contributed by atoms with Crippen LogP contribution in [-0.2, 0) is 15.5 Å². The summed E-state index contributed by atoms with van der Waals surface area (Å²) in [5.41, 5.74) is 3.06. The molecule has 2 nitrogen and oxygen atoms in total. The molecule has 0 amide bonds. The molecule has 2 aliphatic rings. The first-order chi connectivity index (χ1) is 10.5. The molecule has 2 aliphatic heterocycles. The molecule has 1 aromatic carbocycles. The summed E-state index contributed by atoms with van der Waals surface area (Å²) in [4.78, 5) is 0. The maximum atomic E-state index is 13.1. The van der Waals surface area contributed by atoms with Crippen LogP contribution in [0.15, 0.2) is 35.4 Å². The number of fused-ring (bicyclic) bond motifs is 2. The van der Waals surface area contributed by atoms with Gasteiger partial charge in [-0.05, 0) is 28.0 Å². The van der Waals surface area contributed by atoms with Gasteiger partial charge in [0.2, 0.25) is 0 Å². The summed E-state index contributed by atoms with van der Waals surface area (Å²) >= 11 is 6.38. The standard InChI is InChI=1S/C19H25ClO2S/c1-18(2,3)13-14(19(4,5)6)17-22-15(16(13)23(17)21)11-9-7-8-10-12(11)20/h7-10,15-17H,1-6H3/t15-,16+,17-,23?/m1/s1. The van der Waals surface area contributed by atoms with Crippen molar-refractivity contribution in [3.05, 3.63) is 46.0 Å². The zero-order chi connectivity index (χ0) is 17.2. The third-order valence-electron chi connectivity index (χ3n) is 4.64. The second-order valence-electron chi connectivity index (χ2n) is 8.49. The van der Waals surface area contributed by atoms with E-state index in [0.717, 1.165) is 5.56 Å². The maximum absolute atomic E-state index is 13.1. The molecule has 3 rings (SSSR count). The first-order valence-corrected chi connectivity index (χ1v) is 9.73. The van der Waals surface area contributed by atoms with E-state index < -0.39 is 10.8 Å². The van der Waals surface area contributed by atoms with E-state index in [0.29, 0.717) is 5.02 Å². The molecule has 0 radical (unpaired) electrons. The molecule has 4 atom stereocenters. The van der Waals surface area contributed by atoms with Gasteiger partial charge >= 0.3 is 0 Å².